The van der Waals surface area contributed by atoms with E-state index >= 15 is 0 Å². The molecule has 2 rings (SSSR count). The number of hydrogen-bond donors (Lipinski definition) is 2. The molecule has 1 heterocycles. The highest BCUT2D eigenvalue weighted by Crippen LogP contribution is 2.48. The third kappa shape index (κ3) is 2.16. The number of aliphatic hydroxyl groups is 2. The average Bonchev–Trinajstić information content (AvgIpc) is 2.34. The molecule has 1 aliphatic heterocycles. The quantitative estimate of drug-likeness (QED) is 0.739. The maximum Gasteiger partial charge on any atom is 0.0713 e. The minimum absolute atomic E-state index is 0.0590. The second-order valence-electron chi connectivity index (χ2n) is 6.50. The van der Waals surface area contributed by atoms with Crippen molar-refractivity contribution in [2.75, 3.05) is 19.8 Å². The Kier molecular flexibility index (Phi) is 3.36. The molecule has 17 heavy (non-hydrogen) atoms. The van der Waals surface area contributed by atoms with Gasteiger partial charge >= 0.3 is 0 Å². The fraction of sp³-hybridized carbons (Fsp3) is 0.857. The van der Waals surface area contributed by atoms with Crippen LogP contribution in [-0.2, 0) is 4.74 Å². The summed E-state index contributed by atoms with van der Waals surface area (Å²) in [7, 11) is 0. The van der Waals surface area contributed by atoms with Crippen LogP contribution in [0.5, 0.6) is 0 Å². The number of hydrogen-bond acceptors (Lipinski definition) is 3. The van der Waals surface area contributed by atoms with Gasteiger partial charge in [-0.05, 0) is 19.8 Å². The van der Waals surface area contributed by atoms with E-state index in [1.807, 2.05) is 13.8 Å². The van der Waals surface area contributed by atoms with Crippen molar-refractivity contribution in [3.8, 4) is 0 Å². The SMILES string of the molecule is CC1=CC[C@]2(CO)CO[C@@H](C(C)(C)CO)[C@@H]1C2. The van der Waals surface area contributed by atoms with Gasteiger partial charge in [0.25, 0.3) is 0 Å². The van der Waals surface area contributed by atoms with E-state index < -0.39 is 0 Å². The second-order valence-corrected chi connectivity index (χ2v) is 6.50. The predicted molar refractivity (Wildman–Crippen MR) is 66.6 cm³/mol. The zero-order valence-corrected chi connectivity index (χ0v) is 11.1. The minimum Gasteiger partial charge on any atom is -0.396 e. The molecule has 2 aliphatic rings. The van der Waals surface area contributed by atoms with Gasteiger partial charge in [-0.3, -0.25) is 0 Å². The molecule has 3 heteroatoms. The van der Waals surface area contributed by atoms with Gasteiger partial charge in [-0.25, -0.2) is 0 Å². The summed E-state index contributed by atoms with van der Waals surface area (Å²) in [6.45, 7) is 7.17. The van der Waals surface area contributed by atoms with Crippen LogP contribution in [0, 0.1) is 16.7 Å². The summed E-state index contributed by atoms with van der Waals surface area (Å²) in [5, 5.41) is 19.1. The largest absolute Gasteiger partial charge is 0.396 e. The molecular formula is C14H24O3. The van der Waals surface area contributed by atoms with Crippen LogP contribution < -0.4 is 0 Å². The van der Waals surface area contributed by atoms with Crippen LogP contribution in [0.3, 0.4) is 0 Å². The van der Waals surface area contributed by atoms with Crippen LogP contribution in [0.4, 0.5) is 0 Å². The molecule has 0 aromatic rings. The van der Waals surface area contributed by atoms with Crippen LogP contribution in [0.25, 0.3) is 0 Å². The van der Waals surface area contributed by atoms with E-state index in [0.29, 0.717) is 12.5 Å². The Morgan fingerprint density at radius 1 is 1.47 bits per heavy atom. The van der Waals surface area contributed by atoms with Gasteiger partial charge in [-0.15, -0.1) is 0 Å². The molecule has 2 bridgehead atoms. The van der Waals surface area contributed by atoms with Gasteiger partial charge < -0.3 is 14.9 Å². The normalized spacial score (nSPS) is 37.8. The van der Waals surface area contributed by atoms with E-state index in [4.69, 9.17) is 4.74 Å². The molecular weight excluding hydrogens is 216 g/mol. The standard InChI is InChI=1S/C14H24O3/c1-10-4-5-14(8-16)6-11(10)12(17-9-14)13(2,3)7-15/h4,11-12,15-16H,5-9H2,1-3H3/t11-,12-,14+/m1/s1. The minimum atomic E-state index is -0.223. The molecule has 0 radical (unpaired) electrons. The highest BCUT2D eigenvalue weighted by molar-refractivity contribution is 5.17. The molecule has 0 unspecified atom stereocenters. The van der Waals surface area contributed by atoms with Gasteiger partial charge in [0.15, 0.2) is 0 Å². The zero-order valence-electron chi connectivity index (χ0n) is 11.1. The van der Waals surface area contributed by atoms with Crippen molar-refractivity contribution in [2.24, 2.45) is 16.7 Å². The summed E-state index contributed by atoms with van der Waals surface area (Å²) in [5.41, 5.74) is 1.05. The van der Waals surface area contributed by atoms with Crippen LogP contribution in [0.15, 0.2) is 11.6 Å². The summed E-state index contributed by atoms with van der Waals surface area (Å²) in [4.78, 5) is 0. The molecule has 0 aromatic heterocycles. The van der Waals surface area contributed by atoms with E-state index in [1.54, 1.807) is 0 Å². The van der Waals surface area contributed by atoms with Crippen LogP contribution in [0.2, 0.25) is 0 Å². The molecule has 1 aliphatic carbocycles. The van der Waals surface area contributed by atoms with Crippen molar-refractivity contribution in [3.63, 3.8) is 0 Å². The van der Waals surface area contributed by atoms with Crippen molar-refractivity contribution in [1.29, 1.82) is 0 Å². The summed E-state index contributed by atoms with van der Waals surface area (Å²) in [6.07, 6.45) is 4.20. The van der Waals surface area contributed by atoms with Gasteiger partial charge in [0.1, 0.15) is 0 Å². The Hall–Kier alpha value is -0.380. The Balaban J connectivity index is 2.26. The summed E-state index contributed by atoms with van der Waals surface area (Å²) < 4.78 is 6.00. The topological polar surface area (TPSA) is 49.7 Å². The molecule has 3 atom stereocenters. The Labute approximate surface area is 103 Å². The Morgan fingerprint density at radius 3 is 2.76 bits per heavy atom. The van der Waals surface area contributed by atoms with Crippen molar-refractivity contribution in [1.82, 2.24) is 0 Å². The van der Waals surface area contributed by atoms with Gasteiger partial charge in [-0.2, -0.15) is 0 Å². The van der Waals surface area contributed by atoms with E-state index in [1.165, 1.54) is 5.57 Å². The zero-order chi connectivity index (χ0) is 12.7. The van der Waals surface area contributed by atoms with Crippen LogP contribution in [0.1, 0.15) is 33.6 Å². The van der Waals surface area contributed by atoms with Gasteiger partial charge in [0.2, 0.25) is 0 Å². The maximum absolute atomic E-state index is 9.57. The van der Waals surface area contributed by atoms with Crippen LogP contribution in [-0.4, -0.2) is 36.1 Å². The fourth-order valence-electron chi connectivity index (χ4n) is 3.12. The first kappa shape index (κ1) is 13.1. The monoisotopic (exact) mass is 240 g/mol. The molecule has 1 fully saturated rings. The fourth-order valence-corrected chi connectivity index (χ4v) is 3.12. The highest BCUT2D eigenvalue weighted by atomic mass is 16.5. The number of ether oxygens (including phenoxy) is 1. The smallest absolute Gasteiger partial charge is 0.0713 e. The van der Waals surface area contributed by atoms with Gasteiger partial charge in [0.05, 0.1) is 25.9 Å². The van der Waals surface area contributed by atoms with Crippen molar-refractivity contribution in [3.05, 3.63) is 11.6 Å². The van der Waals surface area contributed by atoms with E-state index in [-0.39, 0.29) is 30.1 Å². The summed E-state index contributed by atoms with van der Waals surface area (Å²) in [5.74, 6) is 0.340. The second kappa shape index (κ2) is 4.38. The molecule has 0 aromatic carbocycles. The van der Waals surface area contributed by atoms with E-state index in [0.717, 1.165) is 12.8 Å². The summed E-state index contributed by atoms with van der Waals surface area (Å²) in [6, 6.07) is 0. The number of allylic oxidation sites excluding steroid dienone is 1. The molecule has 2 N–H and O–H groups in total. The lowest BCUT2D eigenvalue weighted by Crippen LogP contribution is -2.52. The number of rotatable bonds is 3. The first-order valence-corrected chi connectivity index (χ1v) is 6.44. The lowest BCUT2D eigenvalue weighted by Gasteiger charge is -2.51. The van der Waals surface area contributed by atoms with Crippen molar-refractivity contribution in [2.45, 2.75) is 39.7 Å². The third-order valence-electron chi connectivity index (χ3n) is 4.54. The number of fused-ring (bicyclic) bond motifs is 2. The van der Waals surface area contributed by atoms with Gasteiger partial charge in [0, 0.05) is 16.7 Å². The van der Waals surface area contributed by atoms with E-state index in [9.17, 15) is 10.2 Å². The third-order valence-corrected chi connectivity index (χ3v) is 4.54. The number of aliphatic hydroxyl groups excluding tert-OH is 2. The molecule has 1 saturated heterocycles. The molecule has 0 amide bonds. The predicted octanol–water partition coefficient (Wildman–Crippen LogP) is 1.74. The first-order valence-electron chi connectivity index (χ1n) is 6.44. The lowest BCUT2D eigenvalue weighted by molar-refractivity contribution is -0.158. The lowest BCUT2D eigenvalue weighted by atomic mass is 9.63. The van der Waals surface area contributed by atoms with Crippen molar-refractivity contribution < 1.29 is 14.9 Å². The maximum atomic E-state index is 9.57. The molecule has 98 valence electrons. The molecule has 0 saturated carbocycles. The average molecular weight is 240 g/mol. The Bertz CT molecular complexity index is 321. The van der Waals surface area contributed by atoms with Crippen LogP contribution >= 0.6 is 0 Å². The highest BCUT2D eigenvalue weighted by Gasteiger charge is 2.48. The summed E-state index contributed by atoms with van der Waals surface area (Å²) >= 11 is 0. The molecule has 0 spiro atoms. The van der Waals surface area contributed by atoms with E-state index in [2.05, 4.69) is 13.0 Å². The molecule has 3 nitrogen and oxygen atoms in total. The Morgan fingerprint density at radius 2 is 2.18 bits per heavy atom. The van der Waals surface area contributed by atoms with Crippen molar-refractivity contribution >= 4 is 0 Å². The first-order chi connectivity index (χ1) is 7.94. The van der Waals surface area contributed by atoms with Gasteiger partial charge in [-0.1, -0.05) is 25.5 Å².